The Bertz CT molecular complexity index is 1660. The fourth-order valence-corrected chi connectivity index (χ4v) is 6.57. The van der Waals surface area contributed by atoms with Gasteiger partial charge in [0.1, 0.15) is 16.2 Å². The van der Waals surface area contributed by atoms with Gasteiger partial charge in [0.15, 0.2) is 10.9 Å². The van der Waals surface area contributed by atoms with Crippen LogP contribution in [0.2, 0.25) is 0 Å². The number of rotatable bonds is 6. The largest absolute Gasteiger partial charge is 0.384 e. The number of thiophene rings is 1. The zero-order valence-corrected chi connectivity index (χ0v) is 20.9. The molecule has 0 aliphatic heterocycles. The van der Waals surface area contributed by atoms with Crippen molar-refractivity contribution in [2.75, 3.05) is 11.5 Å². The third-order valence-corrected chi connectivity index (χ3v) is 8.46. The summed E-state index contributed by atoms with van der Waals surface area (Å²) in [5.74, 6) is -0.864. The summed E-state index contributed by atoms with van der Waals surface area (Å²) in [6.07, 6.45) is 2.86. The van der Waals surface area contributed by atoms with Crippen molar-refractivity contribution in [1.82, 2.24) is 18.7 Å². The van der Waals surface area contributed by atoms with E-state index in [1.165, 1.54) is 30.3 Å². The van der Waals surface area contributed by atoms with Gasteiger partial charge in [0.05, 0.1) is 17.7 Å². The minimum absolute atomic E-state index is 0.120. The van der Waals surface area contributed by atoms with E-state index in [1.807, 2.05) is 30.3 Å². The van der Waals surface area contributed by atoms with Gasteiger partial charge in [-0.2, -0.15) is 0 Å². The molecule has 0 radical (unpaired) electrons. The maximum absolute atomic E-state index is 13.6. The molecule has 11 heteroatoms. The second-order valence-electron chi connectivity index (χ2n) is 8.49. The molecule has 1 aromatic carbocycles. The monoisotopic (exact) mass is 509 g/mol. The van der Waals surface area contributed by atoms with Crippen LogP contribution in [0.15, 0.2) is 49.9 Å². The van der Waals surface area contributed by atoms with E-state index in [-0.39, 0.29) is 22.7 Å². The predicted octanol–water partition coefficient (Wildman–Crippen LogP) is 1.95. The van der Waals surface area contributed by atoms with Crippen LogP contribution < -0.4 is 22.5 Å². The minimum atomic E-state index is -0.740. The average Bonchev–Trinajstić information content (AvgIpc) is 3.44. The lowest BCUT2D eigenvalue weighted by Crippen LogP contribution is -2.41. The van der Waals surface area contributed by atoms with Gasteiger partial charge in [-0.3, -0.25) is 28.1 Å². The Morgan fingerprint density at radius 1 is 1.09 bits per heavy atom. The van der Waals surface area contributed by atoms with Gasteiger partial charge in [0, 0.05) is 19.0 Å². The van der Waals surface area contributed by atoms with Crippen LogP contribution in [-0.2, 0) is 33.5 Å². The van der Waals surface area contributed by atoms with Crippen LogP contribution in [0.1, 0.15) is 32.8 Å². The molecule has 4 aromatic rings. The van der Waals surface area contributed by atoms with E-state index >= 15 is 0 Å². The number of anilines is 1. The number of aromatic nitrogens is 4. The van der Waals surface area contributed by atoms with Gasteiger partial charge in [-0.1, -0.05) is 42.1 Å². The maximum Gasteiger partial charge on any atom is 0.332 e. The summed E-state index contributed by atoms with van der Waals surface area (Å²) in [5, 5.41) is 1.07. The van der Waals surface area contributed by atoms with Crippen molar-refractivity contribution in [2.24, 2.45) is 14.1 Å². The molecule has 180 valence electrons. The fraction of sp³-hybridized carbons (Fsp3) is 0.292. The first-order valence-corrected chi connectivity index (χ1v) is 12.9. The number of Topliss-reactive ketones (excluding diaryl/α,β-unsaturated/α-hetero) is 1. The zero-order valence-electron chi connectivity index (χ0n) is 19.2. The lowest BCUT2D eigenvalue weighted by Gasteiger charge is -2.13. The van der Waals surface area contributed by atoms with Crippen LogP contribution >= 0.6 is 23.1 Å². The van der Waals surface area contributed by atoms with Crippen molar-refractivity contribution in [3.63, 3.8) is 0 Å². The van der Waals surface area contributed by atoms with Crippen LogP contribution in [0, 0.1) is 0 Å². The van der Waals surface area contributed by atoms with Crippen LogP contribution in [0.25, 0.3) is 10.2 Å². The molecule has 3 heterocycles. The number of nitrogen functional groups attached to an aromatic ring is 1. The number of ketones is 1. The van der Waals surface area contributed by atoms with Gasteiger partial charge in [-0.05, 0) is 30.4 Å². The predicted molar refractivity (Wildman–Crippen MR) is 138 cm³/mol. The van der Waals surface area contributed by atoms with Crippen molar-refractivity contribution in [1.29, 1.82) is 0 Å². The first-order valence-electron chi connectivity index (χ1n) is 11.1. The Morgan fingerprint density at radius 2 is 1.83 bits per heavy atom. The number of carbonyl (C=O) groups is 1. The lowest BCUT2D eigenvalue weighted by atomic mass is 10.2. The van der Waals surface area contributed by atoms with E-state index in [0.29, 0.717) is 21.9 Å². The molecule has 3 aromatic heterocycles. The topological polar surface area (TPSA) is 122 Å². The van der Waals surface area contributed by atoms with E-state index in [1.54, 1.807) is 4.57 Å². The molecule has 0 bridgehead atoms. The first-order chi connectivity index (χ1) is 16.8. The number of hydrogen-bond donors (Lipinski definition) is 1. The number of hydrogen-bond acceptors (Lipinski definition) is 8. The van der Waals surface area contributed by atoms with Gasteiger partial charge in [0.2, 0.25) is 0 Å². The molecule has 0 spiro atoms. The Kier molecular flexibility index (Phi) is 5.97. The summed E-state index contributed by atoms with van der Waals surface area (Å²) in [6.45, 7) is 0.313. The highest BCUT2D eigenvalue weighted by Crippen LogP contribution is 2.35. The molecule has 1 aliphatic rings. The van der Waals surface area contributed by atoms with Crippen molar-refractivity contribution >= 4 is 44.9 Å². The lowest BCUT2D eigenvalue weighted by molar-refractivity contribution is 0.102. The number of carbonyl (C=O) groups excluding carboxylic acids is 1. The highest BCUT2D eigenvalue weighted by Gasteiger charge is 2.25. The molecule has 1 aliphatic carbocycles. The quantitative estimate of drug-likeness (QED) is 0.239. The molecule has 9 nitrogen and oxygen atoms in total. The van der Waals surface area contributed by atoms with Gasteiger partial charge in [-0.15, -0.1) is 11.3 Å². The van der Waals surface area contributed by atoms with E-state index < -0.39 is 17.0 Å². The van der Waals surface area contributed by atoms with E-state index in [0.717, 1.165) is 51.3 Å². The zero-order chi connectivity index (χ0) is 24.9. The third kappa shape index (κ3) is 3.94. The Labute approximate surface area is 207 Å². The smallest absolute Gasteiger partial charge is 0.332 e. The van der Waals surface area contributed by atoms with Crippen LogP contribution in [-0.4, -0.2) is 30.2 Å². The van der Waals surface area contributed by atoms with Crippen LogP contribution in [0.4, 0.5) is 5.82 Å². The van der Waals surface area contributed by atoms with E-state index in [2.05, 4.69) is 0 Å². The molecular formula is C24H23N5O4S2. The minimum Gasteiger partial charge on any atom is -0.384 e. The number of fused-ring (bicyclic) bond motifs is 3. The second kappa shape index (κ2) is 8.97. The van der Waals surface area contributed by atoms with Crippen LogP contribution in [0.5, 0.6) is 0 Å². The van der Waals surface area contributed by atoms with Crippen molar-refractivity contribution in [3.05, 3.63) is 83.1 Å². The van der Waals surface area contributed by atoms with Crippen molar-refractivity contribution < 1.29 is 4.79 Å². The van der Waals surface area contributed by atoms with Gasteiger partial charge < -0.3 is 5.73 Å². The molecule has 0 amide bonds. The molecule has 0 unspecified atom stereocenters. The highest BCUT2D eigenvalue weighted by atomic mass is 32.2. The van der Waals surface area contributed by atoms with Gasteiger partial charge >= 0.3 is 5.69 Å². The standard InChI is InChI=1S/C24H23N5O4S2/c1-27-19(25)18(21(31)28(2)24(27)33)15(30)12-34-23-26-20-17(14-9-6-10-16(14)35-20)22(32)29(23)11-13-7-4-3-5-8-13/h3-5,7-8H,6,9-12,25H2,1-2H3. The van der Waals surface area contributed by atoms with Crippen LogP contribution in [0.3, 0.4) is 0 Å². The summed E-state index contributed by atoms with van der Waals surface area (Å²) >= 11 is 2.63. The van der Waals surface area contributed by atoms with Crippen molar-refractivity contribution in [3.8, 4) is 0 Å². The van der Waals surface area contributed by atoms with E-state index in [9.17, 15) is 19.2 Å². The number of benzene rings is 1. The number of thioether (sulfide) groups is 1. The molecule has 0 saturated carbocycles. The normalized spacial score (nSPS) is 12.9. The average molecular weight is 510 g/mol. The Balaban J connectivity index is 1.56. The molecular weight excluding hydrogens is 486 g/mol. The summed E-state index contributed by atoms with van der Waals surface area (Å²) in [5.41, 5.74) is 6.27. The fourth-order valence-electron chi connectivity index (χ4n) is 4.40. The van der Waals surface area contributed by atoms with Crippen molar-refractivity contribution in [2.45, 2.75) is 31.0 Å². The Morgan fingerprint density at radius 3 is 2.57 bits per heavy atom. The number of aryl methyl sites for hydroxylation is 2. The summed E-state index contributed by atoms with van der Waals surface area (Å²) in [6, 6.07) is 9.59. The summed E-state index contributed by atoms with van der Waals surface area (Å²) < 4.78 is 3.53. The molecule has 0 saturated heterocycles. The molecule has 2 N–H and O–H groups in total. The molecule has 35 heavy (non-hydrogen) atoms. The highest BCUT2D eigenvalue weighted by molar-refractivity contribution is 7.99. The summed E-state index contributed by atoms with van der Waals surface area (Å²) in [7, 11) is 2.71. The molecule has 0 fully saturated rings. The summed E-state index contributed by atoms with van der Waals surface area (Å²) in [4.78, 5) is 58.1. The first kappa shape index (κ1) is 23.3. The third-order valence-electron chi connectivity index (χ3n) is 6.29. The Hall–Kier alpha value is -3.44. The number of nitrogens with zero attached hydrogens (tertiary/aromatic N) is 4. The SMILES string of the molecule is Cn1c(N)c(C(=O)CSc2nc3sc4c(c3c(=O)n2Cc2ccccc2)CCC4)c(=O)n(C)c1=O. The second-order valence-corrected chi connectivity index (χ2v) is 10.5. The number of nitrogens with two attached hydrogens (primary N) is 1. The van der Waals surface area contributed by atoms with Gasteiger partial charge in [0.25, 0.3) is 11.1 Å². The molecule has 5 rings (SSSR count). The van der Waals surface area contributed by atoms with Gasteiger partial charge in [-0.25, -0.2) is 9.78 Å². The molecule has 0 atom stereocenters. The maximum atomic E-state index is 13.6. The van der Waals surface area contributed by atoms with E-state index in [4.69, 9.17) is 10.7 Å².